The van der Waals surface area contributed by atoms with Crippen molar-refractivity contribution in [3.63, 3.8) is 0 Å². The Morgan fingerprint density at radius 1 is 1.25 bits per heavy atom. The summed E-state index contributed by atoms with van der Waals surface area (Å²) in [6, 6.07) is 4.66. The van der Waals surface area contributed by atoms with Gasteiger partial charge in [0, 0.05) is 6.07 Å². The third kappa shape index (κ3) is 2.94. The Balaban J connectivity index is 2.04. The zero-order valence-electron chi connectivity index (χ0n) is 12.1. The van der Waals surface area contributed by atoms with Gasteiger partial charge >= 0.3 is 0 Å². The van der Waals surface area contributed by atoms with Gasteiger partial charge in [-0.15, -0.1) is 0 Å². The van der Waals surface area contributed by atoms with Gasteiger partial charge < -0.3 is 4.74 Å². The van der Waals surface area contributed by atoms with Gasteiger partial charge in [-0.2, -0.15) is 5.10 Å². The van der Waals surface area contributed by atoms with Gasteiger partial charge in [-0.05, 0) is 34.1 Å². The Kier molecular flexibility index (Phi) is 4.18. The minimum atomic E-state index is -4.16. The van der Waals surface area contributed by atoms with E-state index in [1.807, 2.05) is 4.72 Å². The summed E-state index contributed by atoms with van der Waals surface area (Å²) >= 11 is 2.83. The first-order valence-electron chi connectivity index (χ1n) is 6.50. The van der Waals surface area contributed by atoms with Crippen LogP contribution in [0.2, 0.25) is 0 Å². The molecule has 0 spiro atoms. The lowest BCUT2D eigenvalue weighted by atomic mass is 10.3. The smallest absolute Gasteiger partial charge is 0.265 e. The molecular formula is C14H10BrF2N3O3S. The SMILES string of the molecule is COc1ccc2c(S(=O)(=O)Nc3cc(F)c(Br)cc3F)cnn2c1. The molecule has 0 radical (unpaired) electrons. The maximum atomic E-state index is 13.9. The monoisotopic (exact) mass is 417 g/mol. The average Bonchev–Trinajstić information content (AvgIpc) is 2.96. The normalized spacial score (nSPS) is 11.7. The van der Waals surface area contributed by atoms with E-state index in [1.165, 1.54) is 23.9 Å². The molecule has 0 unspecified atom stereocenters. The van der Waals surface area contributed by atoms with Gasteiger partial charge in [0.25, 0.3) is 10.0 Å². The lowest BCUT2D eigenvalue weighted by Gasteiger charge is -2.09. The minimum absolute atomic E-state index is 0.106. The molecule has 2 aromatic heterocycles. The highest BCUT2D eigenvalue weighted by atomic mass is 79.9. The number of pyridine rings is 1. The molecule has 0 saturated carbocycles. The molecule has 6 nitrogen and oxygen atoms in total. The van der Waals surface area contributed by atoms with E-state index in [9.17, 15) is 17.2 Å². The van der Waals surface area contributed by atoms with Crippen LogP contribution >= 0.6 is 15.9 Å². The Morgan fingerprint density at radius 3 is 2.71 bits per heavy atom. The quantitative estimate of drug-likeness (QED) is 0.661. The summed E-state index contributed by atoms with van der Waals surface area (Å²) in [5.74, 6) is -1.22. The van der Waals surface area contributed by atoms with Crippen molar-refractivity contribution in [3.8, 4) is 5.75 Å². The Morgan fingerprint density at radius 2 is 2.00 bits per heavy atom. The first kappa shape index (κ1) is 16.7. The summed E-state index contributed by atoms with van der Waals surface area (Å²) in [6.45, 7) is 0. The van der Waals surface area contributed by atoms with Crippen molar-refractivity contribution in [2.75, 3.05) is 11.8 Å². The van der Waals surface area contributed by atoms with Crippen LogP contribution in [-0.4, -0.2) is 25.1 Å². The molecule has 0 aliphatic heterocycles. The number of aromatic nitrogens is 2. The molecule has 126 valence electrons. The average molecular weight is 418 g/mol. The summed E-state index contributed by atoms with van der Waals surface area (Å²) in [4.78, 5) is -0.173. The number of sulfonamides is 1. The number of rotatable bonds is 4. The van der Waals surface area contributed by atoms with E-state index in [2.05, 4.69) is 21.0 Å². The van der Waals surface area contributed by atoms with E-state index >= 15 is 0 Å². The van der Waals surface area contributed by atoms with Crippen LogP contribution in [0.25, 0.3) is 5.52 Å². The highest BCUT2D eigenvalue weighted by molar-refractivity contribution is 9.10. The number of methoxy groups -OCH3 is 1. The molecule has 0 amide bonds. The molecule has 0 atom stereocenters. The molecule has 0 aliphatic rings. The topological polar surface area (TPSA) is 72.7 Å². The van der Waals surface area contributed by atoms with Crippen molar-refractivity contribution < 1.29 is 21.9 Å². The molecule has 0 fully saturated rings. The van der Waals surface area contributed by atoms with Crippen LogP contribution in [0.1, 0.15) is 0 Å². The van der Waals surface area contributed by atoms with Crippen LogP contribution in [-0.2, 0) is 10.0 Å². The van der Waals surface area contributed by atoms with Crippen LogP contribution < -0.4 is 9.46 Å². The number of fused-ring (bicyclic) bond motifs is 1. The predicted molar refractivity (Wildman–Crippen MR) is 86.6 cm³/mol. The van der Waals surface area contributed by atoms with Gasteiger partial charge in [0.1, 0.15) is 22.3 Å². The summed E-state index contributed by atoms with van der Waals surface area (Å²) in [6.07, 6.45) is 2.61. The van der Waals surface area contributed by atoms with Crippen LogP contribution in [0.3, 0.4) is 0 Å². The lowest BCUT2D eigenvalue weighted by molar-refractivity contribution is 0.411. The summed E-state index contributed by atoms with van der Waals surface area (Å²) < 4.78 is 60.6. The van der Waals surface area contributed by atoms with Gasteiger partial charge in [0.15, 0.2) is 0 Å². The van der Waals surface area contributed by atoms with Crippen molar-refractivity contribution in [1.82, 2.24) is 9.61 Å². The number of ether oxygens (including phenoxy) is 1. The van der Waals surface area contributed by atoms with Crippen molar-refractivity contribution >= 4 is 37.2 Å². The molecule has 0 bridgehead atoms. The van der Waals surface area contributed by atoms with Gasteiger partial charge in [0.05, 0.1) is 35.2 Å². The number of halogens is 3. The molecule has 1 N–H and O–H groups in total. The van der Waals surface area contributed by atoms with Crippen LogP contribution in [0, 0.1) is 11.6 Å². The second kappa shape index (κ2) is 6.02. The number of hydrogen-bond donors (Lipinski definition) is 1. The molecule has 2 heterocycles. The molecule has 0 aliphatic carbocycles. The molecule has 0 saturated heterocycles. The zero-order chi connectivity index (χ0) is 17.5. The van der Waals surface area contributed by atoms with Crippen molar-refractivity contribution in [3.05, 3.63) is 52.8 Å². The fourth-order valence-corrected chi connectivity index (χ4v) is 3.56. The summed E-state index contributed by atoms with van der Waals surface area (Å²) in [5, 5.41) is 3.93. The summed E-state index contributed by atoms with van der Waals surface area (Å²) in [7, 11) is -2.70. The van der Waals surface area contributed by atoms with Crippen LogP contribution in [0.15, 0.2) is 46.0 Å². The van der Waals surface area contributed by atoms with Gasteiger partial charge in [0.2, 0.25) is 0 Å². The third-order valence-corrected chi connectivity index (χ3v) is 5.22. The van der Waals surface area contributed by atoms with Crippen LogP contribution in [0.5, 0.6) is 5.75 Å². The maximum absolute atomic E-state index is 13.9. The Hall–Kier alpha value is -2.20. The molecular weight excluding hydrogens is 408 g/mol. The van der Waals surface area contributed by atoms with E-state index in [4.69, 9.17) is 4.74 Å². The van der Waals surface area contributed by atoms with Crippen LogP contribution in [0.4, 0.5) is 14.5 Å². The number of benzene rings is 1. The van der Waals surface area contributed by atoms with E-state index in [1.54, 1.807) is 6.07 Å². The second-order valence-corrected chi connectivity index (χ2v) is 7.26. The van der Waals surface area contributed by atoms with E-state index in [0.717, 1.165) is 18.3 Å². The second-order valence-electron chi connectivity index (χ2n) is 4.76. The Bertz CT molecular complexity index is 1040. The number of nitrogens with zero attached hydrogens (tertiary/aromatic N) is 2. The number of nitrogens with one attached hydrogen (secondary N) is 1. The van der Waals surface area contributed by atoms with Crippen molar-refractivity contribution in [2.45, 2.75) is 4.90 Å². The van der Waals surface area contributed by atoms with E-state index < -0.39 is 27.3 Å². The first-order chi connectivity index (χ1) is 11.3. The number of anilines is 1. The minimum Gasteiger partial charge on any atom is -0.495 e. The maximum Gasteiger partial charge on any atom is 0.265 e. The zero-order valence-corrected chi connectivity index (χ0v) is 14.5. The van der Waals surface area contributed by atoms with E-state index in [-0.39, 0.29) is 14.9 Å². The van der Waals surface area contributed by atoms with Gasteiger partial charge in [-0.25, -0.2) is 21.7 Å². The predicted octanol–water partition coefficient (Wildman–Crippen LogP) is 3.18. The fourth-order valence-electron chi connectivity index (χ4n) is 2.07. The van der Waals surface area contributed by atoms with Crippen molar-refractivity contribution in [1.29, 1.82) is 0 Å². The van der Waals surface area contributed by atoms with Gasteiger partial charge in [-0.3, -0.25) is 4.72 Å². The molecule has 3 rings (SSSR count). The van der Waals surface area contributed by atoms with Gasteiger partial charge in [-0.1, -0.05) is 0 Å². The molecule has 1 aromatic carbocycles. The Labute approximate surface area is 144 Å². The standard InChI is InChI=1S/C14H10BrF2N3O3S/c1-23-8-2-3-13-14(6-18-20(13)7-8)24(21,22)19-12-5-10(16)9(15)4-11(12)17/h2-7,19H,1H3. The highest BCUT2D eigenvalue weighted by Crippen LogP contribution is 2.27. The lowest BCUT2D eigenvalue weighted by Crippen LogP contribution is -2.14. The molecule has 3 aromatic rings. The third-order valence-electron chi connectivity index (χ3n) is 3.23. The molecule has 24 heavy (non-hydrogen) atoms. The molecule has 10 heteroatoms. The first-order valence-corrected chi connectivity index (χ1v) is 8.78. The van der Waals surface area contributed by atoms with Crippen molar-refractivity contribution in [2.24, 2.45) is 0 Å². The largest absolute Gasteiger partial charge is 0.495 e. The number of hydrogen-bond acceptors (Lipinski definition) is 4. The fraction of sp³-hybridized carbons (Fsp3) is 0.0714. The van der Waals surface area contributed by atoms with E-state index in [0.29, 0.717) is 5.75 Å². The highest BCUT2D eigenvalue weighted by Gasteiger charge is 2.22. The summed E-state index contributed by atoms with van der Waals surface area (Å²) in [5.41, 5.74) is -0.232.